The third-order valence-corrected chi connectivity index (χ3v) is 4.88. The van der Waals surface area contributed by atoms with Crippen LogP contribution in [0.4, 0.5) is 0 Å². The fraction of sp³-hybridized carbons (Fsp3) is 0.304. The van der Waals surface area contributed by atoms with E-state index in [2.05, 4.69) is 11.0 Å². The number of nitriles is 1. The van der Waals surface area contributed by atoms with Crippen LogP contribution in [0.15, 0.2) is 54.6 Å². The Kier molecular flexibility index (Phi) is 7.26. The summed E-state index contributed by atoms with van der Waals surface area (Å²) < 4.78 is 10.9. The second-order valence-corrected chi connectivity index (χ2v) is 6.76. The largest absolute Gasteiger partial charge is 0.497 e. The highest BCUT2D eigenvalue weighted by atomic mass is 16.5. The van der Waals surface area contributed by atoms with Gasteiger partial charge in [0, 0.05) is 38.8 Å². The maximum Gasteiger partial charge on any atom is 0.246 e. The van der Waals surface area contributed by atoms with Crippen LogP contribution in [-0.2, 0) is 4.79 Å². The summed E-state index contributed by atoms with van der Waals surface area (Å²) in [5, 5.41) is 8.82. The molecule has 1 aliphatic heterocycles. The number of hydrogen-bond donors (Lipinski definition) is 0. The van der Waals surface area contributed by atoms with E-state index in [9.17, 15) is 4.79 Å². The average Bonchev–Trinajstić information content (AvgIpc) is 2.78. The first-order valence-corrected chi connectivity index (χ1v) is 9.64. The molecule has 0 aromatic heterocycles. The normalized spacial score (nSPS) is 14.6. The Morgan fingerprint density at radius 1 is 1.03 bits per heavy atom. The van der Waals surface area contributed by atoms with Gasteiger partial charge in [0.1, 0.15) is 18.1 Å². The molecule has 1 heterocycles. The molecule has 6 nitrogen and oxygen atoms in total. The van der Waals surface area contributed by atoms with Crippen molar-refractivity contribution < 1.29 is 14.3 Å². The van der Waals surface area contributed by atoms with Crippen molar-refractivity contribution in [2.45, 2.75) is 0 Å². The molecule has 3 rings (SSSR count). The Labute approximate surface area is 171 Å². The van der Waals surface area contributed by atoms with Gasteiger partial charge in [-0.25, -0.2) is 0 Å². The molecule has 0 aliphatic carbocycles. The van der Waals surface area contributed by atoms with E-state index in [0.717, 1.165) is 36.7 Å². The predicted octanol–water partition coefficient (Wildman–Crippen LogP) is 2.80. The van der Waals surface area contributed by atoms with Crippen LogP contribution in [0, 0.1) is 11.3 Å². The molecule has 0 radical (unpaired) electrons. The van der Waals surface area contributed by atoms with E-state index in [-0.39, 0.29) is 5.91 Å². The second kappa shape index (κ2) is 10.3. The molecule has 0 unspecified atom stereocenters. The van der Waals surface area contributed by atoms with Crippen LogP contribution < -0.4 is 9.47 Å². The Balaban J connectivity index is 1.38. The van der Waals surface area contributed by atoms with Gasteiger partial charge in [-0.15, -0.1) is 0 Å². The number of ether oxygens (including phenoxy) is 2. The zero-order chi connectivity index (χ0) is 20.5. The third kappa shape index (κ3) is 6.09. The summed E-state index contributed by atoms with van der Waals surface area (Å²) in [4.78, 5) is 16.6. The summed E-state index contributed by atoms with van der Waals surface area (Å²) in [6.45, 7) is 4.52. The molecule has 0 saturated carbocycles. The fourth-order valence-corrected chi connectivity index (χ4v) is 3.10. The molecule has 0 atom stereocenters. The average molecular weight is 391 g/mol. The van der Waals surface area contributed by atoms with Gasteiger partial charge in [-0.2, -0.15) is 5.26 Å². The fourth-order valence-electron chi connectivity index (χ4n) is 3.10. The number of amides is 1. The summed E-state index contributed by atoms with van der Waals surface area (Å²) in [6, 6.07) is 16.8. The standard InChI is InChI=1S/C23H25N3O3/c1-28-21-7-9-22(10-8-21)29-17-16-25-12-14-26(15-13-25)23(27)11-6-19-2-4-20(18-24)5-3-19/h2-11H,12-17H2,1H3/b11-6+. The van der Waals surface area contributed by atoms with Gasteiger partial charge in [0.25, 0.3) is 0 Å². The molecule has 1 aliphatic rings. The first kappa shape index (κ1) is 20.4. The van der Waals surface area contributed by atoms with E-state index < -0.39 is 0 Å². The molecule has 0 bridgehead atoms. The van der Waals surface area contributed by atoms with Crippen LogP contribution in [0.2, 0.25) is 0 Å². The SMILES string of the molecule is COc1ccc(OCCN2CCN(C(=O)/C=C/c3ccc(C#N)cc3)CC2)cc1. The van der Waals surface area contributed by atoms with Gasteiger partial charge in [0.05, 0.1) is 18.7 Å². The van der Waals surface area contributed by atoms with E-state index in [1.807, 2.05) is 41.3 Å². The van der Waals surface area contributed by atoms with Crippen molar-refractivity contribution in [2.75, 3.05) is 46.4 Å². The van der Waals surface area contributed by atoms with Crippen molar-refractivity contribution in [3.8, 4) is 17.6 Å². The maximum atomic E-state index is 12.4. The van der Waals surface area contributed by atoms with E-state index in [1.54, 1.807) is 31.4 Å². The molecule has 2 aromatic rings. The molecule has 0 spiro atoms. The summed E-state index contributed by atoms with van der Waals surface area (Å²) in [5.41, 5.74) is 1.52. The zero-order valence-electron chi connectivity index (χ0n) is 16.6. The highest BCUT2D eigenvalue weighted by Gasteiger charge is 2.19. The van der Waals surface area contributed by atoms with Crippen LogP contribution >= 0.6 is 0 Å². The van der Waals surface area contributed by atoms with Crippen molar-refractivity contribution in [1.29, 1.82) is 5.26 Å². The molecular weight excluding hydrogens is 366 g/mol. The number of carbonyl (C=O) groups excluding carboxylic acids is 1. The van der Waals surface area contributed by atoms with Gasteiger partial charge >= 0.3 is 0 Å². The minimum atomic E-state index is 0.0171. The Bertz CT molecular complexity index is 862. The van der Waals surface area contributed by atoms with Crippen LogP contribution in [-0.4, -0.2) is 62.1 Å². The quantitative estimate of drug-likeness (QED) is 0.679. The van der Waals surface area contributed by atoms with Gasteiger partial charge in [0.15, 0.2) is 0 Å². The highest BCUT2D eigenvalue weighted by Crippen LogP contribution is 2.17. The second-order valence-electron chi connectivity index (χ2n) is 6.76. The maximum absolute atomic E-state index is 12.4. The van der Waals surface area contributed by atoms with E-state index in [4.69, 9.17) is 14.7 Å². The number of piperazine rings is 1. The smallest absolute Gasteiger partial charge is 0.246 e. The highest BCUT2D eigenvalue weighted by molar-refractivity contribution is 5.91. The number of rotatable bonds is 7. The molecule has 1 fully saturated rings. The van der Waals surface area contributed by atoms with Crippen LogP contribution in [0.25, 0.3) is 6.08 Å². The Hall–Kier alpha value is -3.30. The number of benzene rings is 2. The molecular formula is C23H25N3O3. The summed E-state index contributed by atoms with van der Waals surface area (Å²) in [5.74, 6) is 1.66. The summed E-state index contributed by atoms with van der Waals surface area (Å²) >= 11 is 0. The van der Waals surface area contributed by atoms with Gasteiger partial charge in [0.2, 0.25) is 5.91 Å². The van der Waals surface area contributed by atoms with Crippen molar-refractivity contribution in [1.82, 2.24) is 9.80 Å². The molecule has 150 valence electrons. The van der Waals surface area contributed by atoms with E-state index in [1.165, 1.54) is 0 Å². The zero-order valence-corrected chi connectivity index (χ0v) is 16.6. The topological polar surface area (TPSA) is 65.8 Å². The first-order valence-electron chi connectivity index (χ1n) is 9.64. The summed E-state index contributed by atoms with van der Waals surface area (Å²) in [6.07, 6.45) is 3.39. The number of methoxy groups -OCH3 is 1. The van der Waals surface area contributed by atoms with Crippen molar-refractivity contribution in [2.24, 2.45) is 0 Å². The van der Waals surface area contributed by atoms with Crippen LogP contribution in [0.5, 0.6) is 11.5 Å². The van der Waals surface area contributed by atoms with E-state index in [0.29, 0.717) is 25.3 Å². The predicted molar refractivity (Wildman–Crippen MR) is 112 cm³/mol. The minimum Gasteiger partial charge on any atom is -0.497 e. The van der Waals surface area contributed by atoms with Crippen molar-refractivity contribution in [3.05, 3.63) is 65.7 Å². The lowest BCUT2D eigenvalue weighted by molar-refractivity contribution is -0.127. The first-order chi connectivity index (χ1) is 14.2. The number of hydrogen-bond acceptors (Lipinski definition) is 5. The molecule has 1 amide bonds. The molecule has 29 heavy (non-hydrogen) atoms. The monoisotopic (exact) mass is 391 g/mol. The van der Waals surface area contributed by atoms with Crippen LogP contribution in [0.1, 0.15) is 11.1 Å². The molecule has 0 N–H and O–H groups in total. The van der Waals surface area contributed by atoms with Gasteiger partial charge < -0.3 is 14.4 Å². The molecule has 1 saturated heterocycles. The Morgan fingerprint density at radius 3 is 2.31 bits per heavy atom. The molecule has 6 heteroatoms. The lowest BCUT2D eigenvalue weighted by Gasteiger charge is -2.34. The van der Waals surface area contributed by atoms with Crippen molar-refractivity contribution >= 4 is 12.0 Å². The third-order valence-electron chi connectivity index (χ3n) is 4.88. The Morgan fingerprint density at radius 2 is 1.69 bits per heavy atom. The summed E-state index contributed by atoms with van der Waals surface area (Å²) in [7, 11) is 1.64. The lowest BCUT2D eigenvalue weighted by atomic mass is 10.1. The van der Waals surface area contributed by atoms with Crippen LogP contribution in [0.3, 0.4) is 0 Å². The van der Waals surface area contributed by atoms with Crippen molar-refractivity contribution in [3.63, 3.8) is 0 Å². The van der Waals surface area contributed by atoms with E-state index >= 15 is 0 Å². The van der Waals surface area contributed by atoms with Gasteiger partial charge in [-0.05, 0) is 48.0 Å². The number of carbonyl (C=O) groups is 1. The number of nitrogens with zero attached hydrogens (tertiary/aromatic N) is 3. The lowest BCUT2D eigenvalue weighted by Crippen LogP contribution is -2.49. The van der Waals surface area contributed by atoms with Gasteiger partial charge in [-0.1, -0.05) is 12.1 Å². The minimum absolute atomic E-state index is 0.0171. The van der Waals surface area contributed by atoms with Gasteiger partial charge in [-0.3, -0.25) is 9.69 Å². The molecule has 2 aromatic carbocycles.